The first-order valence-corrected chi connectivity index (χ1v) is 5.26. The Morgan fingerprint density at radius 2 is 2.18 bits per heavy atom. The third kappa shape index (κ3) is 2.92. The van der Waals surface area contributed by atoms with Gasteiger partial charge in [0, 0.05) is 18.9 Å². The van der Waals surface area contributed by atoms with Gasteiger partial charge < -0.3 is 15.4 Å². The van der Waals surface area contributed by atoms with E-state index in [1.54, 1.807) is 0 Å². The van der Waals surface area contributed by atoms with Gasteiger partial charge in [-0.1, -0.05) is 24.3 Å². The maximum Gasteiger partial charge on any atom is 0.290 e. The van der Waals surface area contributed by atoms with Gasteiger partial charge in [0.1, 0.15) is 0 Å². The summed E-state index contributed by atoms with van der Waals surface area (Å²) in [5, 5.41) is 11.9. The van der Waals surface area contributed by atoms with E-state index in [0.29, 0.717) is 12.4 Å². The molecule has 0 amide bonds. The van der Waals surface area contributed by atoms with Crippen LogP contribution in [0.4, 0.5) is 5.82 Å². The summed E-state index contributed by atoms with van der Waals surface area (Å²) in [5.41, 5.74) is 1.59. The molecule has 0 spiro atoms. The predicted molar refractivity (Wildman–Crippen MR) is 64.5 cm³/mol. The normalized spacial score (nSPS) is 10.2. The van der Waals surface area contributed by atoms with Gasteiger partial charge in [0.15, 0.2) is 5.82 Å². The standard InChI is InChI=1S/C12H13N3O2/c16-8-10-3-1-2-9(6-10)7-15-11-12(17)14-5-4-13-11/h1-6,16H,7-8H2,(H,13,15)(H,14,17). The van der Waals surface area contributed by atoms with Crippen molar-refractivity contribution in [2.45, 2.75) is 13.2 Å². The molecular weight excluding hydrogens is 218 g/mol. The number of H-pyrrole nitrogens is 1. The Bertz CT molecular complexity index is 551. The van der Waals surface area contributed by atoms with Gasteiger partial charge in [-0.3, -0.25) is 4.79 Å². The first-order chi connectivity index (χ1) is 8.29. The fourth-order valence-electron chi connectivity index (χ4n) is 1.50. The minimum atomic E-state index is -0.245. The summed E-state index contributed by atoms with van der Waals surface area (Å²) in [6, 6.07) is 7.51. The van der Waals surface area contributed by atoms with Crippen LogP contribution < -0.4 is 10.9 Å². The largest absolute Gasteiger partial charge is 0.392 e. The molecule has 1 aromatic carbocycles. The molecule has 0 saturated heterocycles. The van der Waals surface area contributed by atoms with Gasteiger partial charge >= 0.3 is 0 Å². The van der Waals surface area contributed by atoms with Gasteiger partial charge in [0.2, 0.25) is 0 Å². The number of aromatic amines is 1. The smallest absolute Gasteiger partial charge is 0.290 e. The second kappa shape index (κ2) is 5.27. The van der Waals surface area contributed by atoms with E-state index < -0.39 is 0 Å². The van der Waals surface area contributed by atoms with Gasteiger partial charge in [0.25, 0.3) is 5.56 Å². The van der Waals surface area contributed by atoms with Crippen LogP contribution in [0.2, 0.25) is 0 Å². The number of anilines is 1. The SMILES string of the molecule is O=c1[nH]ccnc1NCc1cccc(CO)c1. The maximum absolute atomic E-state index is 11.3. The summed E-state index contributed by atoms with van der Waals surface area (Å²) in [7, 11) is 0. The Morgan fingerprint density at radius 3 is 2.94 bits per heavy atom. The minimum absolute atomic E-state index is 0.0119. The van der Waals surface area contributed by atoms with E-state index in [2.05, 4.69) is 15.3 Å². The van der Waals surface area contributed by atoms with Crippen LogP contribution in [0.15, 0.2) is 41.5 Å². The van der Waals surface area contributed by atoms with Crippen LogP contribution in [0.25, 0.3) is 0 Å². The Balaban J connectivity index is 2.07. The van der Waals surface area contributed by atoms with Crippen LogP contribution in [-0.4, -0.2) is 15.1 Å². The molecule has 88 valence electrons. The molecule has 0 aliphatic carbocycles. The molecule has 0 aliphatic rings. The number of rotatable bonds is 4. The lowest BCUT2D eigenvalue weighted by Crippen LogP contribution is -2.15. The van der Waals surface area contributed by atoms with E-state index in [9.17, 15) is 4.79 Å². The summed E-state index contributed by atoms with van der Waals surface area (Å²) in [4.78, 5) is 17.8. The number of hydrogen-bond donors (Lipinski definition) is 3. The average molecular weight is 231 g/mol. The van der Waals surface area contributed by atoms with Crippen LogP contribution in [0.5, 0.6) is 0 Å². The molecule has 5 heteroatoms. The molecule has 1 heterocycles. The van der Waals surface area contributed by atoms with E-state index in [1.165, 1.54) is 12.4 Å². The lowest BCUT2D eigenvalue weighted by atomic mass is 10.1. The van der Waals surface area contributed by atoms with Crippen LogP contribution in [0.1, 0.15) is 11.1 Å². The summed E-state index contributed by atoms with van der Waals surface area (Å²) >= 11 is 0. The van der Waals surface area contributed by atoms with Crippen molar-refractivity contribution in [3.8, 4) is 0 Å². The zero-order valence-corrected chi connectivity index (χ0v) is 9.18. The zero-order valence-electron chi connectivity index (χ0n) is 9.18. The van der Waals surface area contributed by atoms with Gasteiger partial charge in [-0.15, -0.1) is 0 Å². The molecule has 0 saturated carbocycles. The molecule has 17 heavy (non-hydrogen) atoms. The lowest BCUT2D eigenvalue weighted by Gasteiger charge is -2.05. The Hall–Kier alpha value is -2.14. The van der Waals surface area contributed by atoms with Crippen LogP contribution in [-0.2, 0) is 13.2 Å². The van der Waals surface area contributed by atoms with Gasteiger partial charge in [-0.25, -0.2) is 4.98 Å². The first kappa shape index (κ1) is 11.3. The fourth-order valence-corrected chi connectivity index (χ4v) is 1.50. The summed E-state index contributed by atoms with van der Waals surface area (Å²) in [5.74, 6) is 0.293. The third-order valence-electron chi connectivity index (χ3n) is 2.34. The van der Waals surface area contributed by atoms with Crippen LogP contribution >= 0.6 is 0 Å². The Kier molecular flexibility index (Phi) is 3.52. The van der Waals surface area contributed by atoms with Crippen molar-refractivity contribution in [2.75, 3.05) is 5.32 Å². The highest BCUT2D eigenvalue weighted by Crippen LogP contribution is 2.06. The molecule has 0 fully saturated rings. The Labute approximate surface area is 98.2 Å². The van der Waals surface area contributed by atoms with Crippen molar-refractivity contribution in [1.29, 1.82) is 0 Å². The molecule has 3 N–H and O–H groups in total. The Morgan fingerprint density at radius 1 is 1.35 bits per heavy atom. The van der Waals surface area contributed by atoms with Crippen LogP contribution in [0, 0.1) is 0 Å². The molecule has 2 aromatic rings. The minimum Gasteiger partial charge on any atom is -0.392 e. The second-order valence-electron chi connectivity index (χ2n) is 3.60. The average Bonchev–Trinajstić information content (AvgIpc) is 2.38. The van der Waals surface area contributed by atoms with E-state index in [4.69, 9.17) is 5.11 Å². The number of aliphatic hydroxyl groups is 1. The molecule has 0 bridgehead atoms. The van der Waals surface area contributed by atoms with E-state index in [0.717, 1.165) is 11.1 Å². The summed E-state index contributed by atoms with van der Waals surface area (Å²) in [6.07, 6.45) is 3.01. The zero-order chi connectivity index (χ0) is 12.1. The molecular formula is C12H13N3O2. The van der Waals surface area contributed by atoms with E-state index in [-0.39, 0.29) is 12.2 Å². The van der Waals surface area contributed by atoms with Crippen molar-refractivity contribution in [2.24, 2.45) is 0 Å². The van der Waals surface area contributed by atoms with Crippen molar-refractivity contribution in [3.05, 3.63) is 58.1 Å². The van der Waals surface area contributed by atoms with Crippen molar-refractivity contribution in [3.63, 3.8) is 0 Å². The molecule has 5 nitrogen and oxygen atoms in total. The van der Waals surface area contributed by atoms with E-state index in [1.807, 2.05) is 24.3 Å². The van der Waals surface area contributed by atoms with Gasteiger partial charge in [-0.05, 0) is 11.1 Å². The molecule has 0 aliphatic heterocycles. The molecule has 0 unspecified atom stereocenters. The highest BCUT2D eigenvalue weighted by atomic mass is 16.3. The highest BCUT2D eigenvalue weighted by Gasteiger charge is 1.99. The highest BCUT2D eigenvalue weighted by molar-refractivity contribution is 5.33. The summed E-state index contributed by atoms with van der Waals surface area (Å²) < 4.78 is 0. The molecule has 0 radical (unpaired) electrons. The molecule has 0 atom stereocenters. The monoisotopic (exact) mass is 231 g/mol. The predicted octanol–water partition coefficient (Wildman–Crippen LogP) is 0.874. The van der Waals surface area contributed by atoms with Crippen molar-refractivity contribution in [1.82, 2.24) is 9.97 Å². The third-order valence-corrected chi connectivity index (χ3v) is 2.34. The number of nitrogens with zero attached hydrogens (tertiary/aromatic N) is 1. The number of aliphatic hydroxyl groups excluding tert-OH is 1. The second-order valence-corrected chi connectivity index (χ2v) is 3.60. The molecule has 2 rings (SSSR count). The van der Waals surface area contributed by atoms with Crippen LogP contribution in [0.3, 0.4) is 0 Å². The number of benzene rings is 1. The lowest BCUT2D eigenvalue weighted by molar-refractivity contribution is 0.281. The van der Waals surface area contributed by atoms with Crippen molar-refractivity contribution < 1.29 is 5.11 Å². The van der Waals surface area contributed by atoms with Crippen molar-refractivity contribution >= 4 is 5.82 Å². The summed E-state index contributed by atoms with van der Waals surface area (Å²) in [6.45, 7) is 0.506. The maximum atomic E-state index is 11.3. The fraction of sp³-hybridized carbons (Fsp3) is 0.167. The van der Waals surface area contributed by atoms with Gasteiger partial charge in [0.05, 0.1) is 6.61 Å². The van der Waals surface area contributed by atoms with Gasteiger partial charge in [-0.2, -0.15) is 0 Å². The first-order valence-electron chi connectivity index (χ1n) is 5.26. The molecule has 1 aromatic heterocycles. The number of nitrogens with one attached hydrogen (secondary N) is 2. The topological polar surface area (TPSA) is 78.0 Å². The van der Waals surface area contributed by atoms with E-state index >= 15 is 0 Å². The number of hydrogen-bond acceptors (Lipinski definition) is 4. The number of aromatic nitrogens is 2. The quantitative estimate of drug-likeness (QED) is 0.729.